The third-order valence-electron chi connectivity index (χ3n) is 4.31. The van der Waals surface area contributed by atoms with E-state index >= 15 is 0 Å². The molecule has 0 aliphatic carbocycles. The van der Waals surface area contributed by atoms with Gasteiger partial charge in [-0.2, -0.15) is 4.31 Å². The molecule has 2 rings (SSSR count). The first kappa shape index (κ1) is 16.4. The van der Waals surface area contributed by atoms with Crippen molar-refractivity contribution >= 4 is 10.0 Å². The maximum Gasteiger partial charge on any atom is 0.243 e. The number of nitrogens with zero attached hydrogens (tertiary/aromatic N) is 2. The summed E-state index contributed by atoms with van der Waals surface area (Å²) >= 11 is 0. The minimum Gasteiger partial charge on any atom is -0.329 e. The predicted molar refractivity (Wildman–Crippen MR) is 84.6 cm³/mol. The van der Waals surface area contributed by atoms with Crippen molar-refractivity contribution in [3.63, 3.8) is 0 Å². The van der Waals surface area contributed by atoms with Crippen molar-refractivity contribution in [2.24, 2.45) is 5.73 Å². The lowest BCUT2D eigenvalue weighted by Gasteiger charge is -2.43. The molecule has 1 heterocycles. The van der Waals surface area contributed by atoms with Gasteiger partial charge in [0.05, 0.1) is 4.90 Å². The van der Waals surface area contributed by atoms with Crippen LogP contribution in [-0.2, 0) is 10.0 Å². The van der Waals surface area contributed by atoms with Gasteiger partial charge in [-0.1, -0.05) is 18.2 Å². The zero-order valence-electron chi connectivity index (χ0n) is 13.0. The van der Waals surface area contributed by atoms with Crippen molar-refractivity contribution in [3.8, 4) is 0 Å². The molecule has 2 N–H and O–H groups in total. The van der Waals surface area contributed by atoms with Gasteiger partial charge in [-0.15, -0.1) is 0 Å². The molecule has 21 heavy (non-hydrogen) atoms. The van der Waals surface area contributed by atoms with Crippen LogP contribution in [0.5, 0.6) is 0 Å². The van der Waals surface area contributed by atoms with E-state index in [4.69, 9.17) is 5.73 Å². The summed E-state index contributed by atoms with van der Waals surface area (Å²) in [4.78, 5) is 2.67. The summed E-state index contributed by atoms with van der Waals surface area (Å²) in [6, 6.07) is 7.14. The van der Waals surface area contributed by atoms with Crippen LogP contribution in [0.2, 0.25) is 0 Å². The molecule has 0 spiro atoms. The molecule has 1 aliphatic heterocycles. The molecule has 6 heteroatoms. The molecule has 0 aromatic heterocycles. The molecule has 0 saturated carbocycles. The largest absolute Gasteiger partial charge is 0.329 e. The number of benzene rings is 1. The van der Waals surface area contributed by atoms with Crippen LogP contribution in [-0.4, -0.2) is 55.9 Å². The number of nitrogens with two attached hydrogens (primary N) is 1. The lowest BCUT2D eigenvalue weighted by atomic mass is 10.0. The van der Waals surface area contributed by atoms with Crippen molar-refractivity contribution in [3.05, 3.63) is 29.8 Å². The quantitative estimate of drug-likeness (QED) is 0.902. The fourth-order valence-corrected chi connectivity index (χ4v) is 4.30. The highest BCUT2D eigenvalue weighted by Crippen LogP contribution is 2.23. The van der Waals surface area contributed by atoms with Gasteiger partial charge in [0.15, 0.2) is 0 Å². The standard InChI is InChI=1S/C15H25N3O2S/c1-13-6-4-5-7-14(13)21(19,20)18-10-8-17(9-11-18)15(2,3)12-16/h4-7H,8-12,16H2,1-3H3. The van der Waals surface area contributed by atoms with Gasteiger partial charge in [-0.05, 0) is 32.4 Å². The smallest absolute Gasteiger partial charge is 0.243 e. The van der Waals surface area contributed by atoms with Gasteiger partial charge in [0.1, 0.15) is 0 Å². The third-order valence-corrected chi connectivity index (χ3v) is 6.36. The molecule has 0 unspecified atom stereocenters. The Balaban J connectivity index is 2.14. The van der Waals surface area contributed by atoms with Gasteiger partial charge < -0.3 is 5.73 Å². The Labute approximate surface area is 127 Å². The zero-order chi connectivity index (χ0) is 15.7. The molecule has 1 aromatic carbocycles. The molecular weight excluding hydrogens is 286 g/mol. The molecular formula is C15H25N3O2S. The Morgan fingerprint density at radius 3 is 2.24 bits per heavy atom. The normalized spacial score (nSPS) is 18.9. The first-order valence-electron chi connectivity index (χ1n) is 7.30. The molecule has 1 aromatic rings. The van der Waals surface area contributed by atoms with Gasteiger partial charge in [0.2, 0.25) is 10.0 Å². The number of aryl methyl sites for hydroxylation is 1. The molecule has 1 aliphatic rings. The Kier molecular flexibility index (Phi) is 4.72. The maximum absolute atomic E-state index is 12.7. The van der Waals surface area contributed by atoms with E-state index in [-0.39, 0.29) is 5.54 Å². The van der Waals surface area contributed by atoms with Crippen LogP contribution in [0.15, 0.2) is 29.2 Å². The monoisotopic (exact) mass is 311 g/mol. The highest BCUT2D eigenvalue weighted by molar-refractivity contribution is 7.89. The molecule has 0 atom stereocenters. The van der Waals surface area contributed by atoms with Crippen molar-refractivity contribution in [2.75, 3.05) is 32.7 Å². The number of hydrogen-bond acceptors (Lipinski definition) is 4. The van der Waals surface area contributed by atoms with Crippen LogP contribution in [0.4, 0.5) is 0 Å². The minimum atomic E-state index is -3.39. The SMILES string of the molecule is Cc1ccccc1S(=O)(=O)N1CCN(C(C)(C)CN)CC1. The lowest BCUT2D eigenvalue weighted by Crippen LogP contribution is -2.58. The van der Waals surface area contributed by atoms with Crippen LogP contribution in [0.1, 0.15) is 19.4 Å². The van der Waals surface area contributed by atoms with Crippen LogP contribution in [0.25, 0.3) is 0 Å². The summed E-state index contributed by atoms with van der Waals surface area (Å²) in [5.41, 5.74) is 6.50. The van der Waals surface area contributed by atoms with Crippen molar-refractivity contribution in [1.29, 1.82) is 0 Å². The van der Waals surface area contributed by atoms with E-state index in [9.17, 15) is 8.42 Å². The number of sulfonamides is 1. The Morgan fingerprint density at radius 2 is 1.71 bits per heavy atom. The average molecular weight is 311 g/mol. The van der Waals surface area contributed by atoms with E-state index in [0.717, 1.165) is 18.7 Å². The van der Waals surface area contributed by atoms with Crippen LogP contribution in [0.3, 0.4) is 0 Å². The Bertz CT molecular complexity index is 591. The van der Waals surface area contributed by atoms with E-state index in [1.807, 2.05) is 19.1 Å². The van der Waals surface area contributed by atoms with E-state index in [1.54, 1.807) is 16.4 Å². The molecule has 0 amide bonds. The van der Waals surface area contributed by atoms with Gasteiger partial charge in [0.25, 0.3) is 0 Å². The van der Waals surface area contributed by atoms with Gasteiger partial charge in [-0.3, -0.25) is 4.90 Å². The van der Waals surface area contributed by atoms with Gasteiger partial charge >= 0.3 is 0 Å². The second-order valence-electron chi connectivity index (χ2n) is 6.17. The summed E-state index contributed by atoms with van der Waals surface area (Å²) in [5, 5.41) is 0. The highest BCUT2D eigenvalue weighted by atomic mass is 32.2. The molecule has 0 bridgehead atoms. The van der Waals surface area contributed by atoms with E-state index < -0.39 is 10.0 Å². The van der Waals surface area contributed by atoms with Gasteiger partial charge in [0, 0.05) is 38.3 Å². The summed E-state index contributed by atoms with van der Waals surface area (Å²) in [6.07, 6.45) is 0. The summed E-state index contributed by atoms with van der Waals surface area (Å²) in [7, 11) is -3.39. The molecule has 1 saturated heterocycles. The first-order chi connectivity index (χ1) is 9.79. The Morgan fingerprint density at radius 1 is 1.14 bits per heavy atom. The topological polar surface area (TPSA) is 66.6 Å². The Hall–Kier alpha value is -0.950. The van der Waals surface area contributed by atoms with Crippen molar-refractivity contribution in [2.45, 2.75) is 31.2 Å². The van der Waals surface area contributed by atoms with E-state index in [2.05, 4.69) is 18.7 Å². The lowest BCUT2D eigenvalue weighted by molar-refractivity contribution is 0.0850. The fraction of sp³-hybridized carbons (Fsp3) is 0.600. The summed E-state index contributed by atoms with van der Waals surface area (Å²) < 4.78 is 27.0. The second kappa shape index (κ2) is 6.04. The van der Waals surface area contributed by atoms with E-state index in [1.165, 1.54) is 0 Å². The molecule has 0 radical (unpaired) electrons. The summed E-state index contributed by atoms with van der Waals surface area (Å²) in [5.74, 6) is 0. The first-order valence-corrected chi connectivity index (χ1v) is 8.74. The third kappa shape index (κ3) is 3.29. The second-order valence-corrected chi connectivity index (χ2v) is 8.08. The average Bonchev–Trinajstić information content (AvgIpc) is 2.47. The molecule has 5 nitrogen and oxygen atoms in total. The highest BCUT2D eigenvalue weighted by Gasteiger charge is 2.33. The predicted octanol–water partition coefficient (Wildman–Crippen LogP) is 1.04. The zero-order valence-corrected chi connectivity index (χ0v) is 13.9. The van der Waals surface area contributed by atoms with Crippen molar-refractivity contribution < 1.29 is 8.42 Å². The minimum absolute atomic E-state index is 0.0848. The van der Waals surface area contributed by atoms with Crippen molar-refractivity contribution in [1.82, 2.24) is 9.21 Å². The number of hydrogen-bond donors (Lipinski definition) is 1. The molecule has 1 fully saturated rings. The number of piperazine rings is 1. The van der Waals surface area contributed by atoms with Crippen LogP contribution >= 0.6 is 0 Å². The van der Waals surface area contributed by atoms with E-state index in [0.29, 0.717) is 24.5 Å². The maximum atomic E-state index is 12.7. The molecule has 118 valence electrons. The summed E-state index contributed by atoms with van der Waals surface area (Å²) in [6.45, 7) is 9.06. The fourth-order valence-electron chi connectivity index (χ4n) is 2.65. The van der Waals surface area contributed by atoms with Crippen LogP contribution < -0.4 is 5.73 Å². The van der Waals surface area contributed by atoms with Crippen LogP contribution in [0, 0.1) is 6.92 Å². The number of rotatable bonds is 4. The van der Waals surface area contributed by atoms with Gasteiger partial charge in [-0.25, -0.2) is 8.42 Å².